The van der Waals surface area contributed by atoms with Crippen LogP contribution >= 0.6 is 0 Å². The molecular formula is C26H31F4N3O3. The molecule has 2 N–H and O–H groups in total. The third kappa shape index (κ3) is 7.57. The van der Waals surface area contributed by atoms with Gasteiger partial charge in [0.05, 0.1) is 12.1 Å². The Morgan fingerprint density at radius 3 is 2.56 bits per heavy atom. The number of alkyl halides is 3. The molecule has 0 saturated carbocycles. The summed E-state index contributed by atoms with van der Waals surface area (Å²) in [6.07, 6.45) is 1.53. The first-order valence-corrected chi connectivity index (χ1v) is 12.2. The van der Waals surface area contributed by atoms with Crippen molar-refractivity contribution in [3.05, 3.63) is 59.9 Å². The fourth-order valence-electron chi connectivity index (χ4n) is 4.83. The van der Waals surface area contributed by atoms with Crippen LogP contribution in [0.4, 0.5) is 28.0 Å². The Morgan fingerprint density at radius 2 is 1.86 bits per heavy atom. The molecule has 4 atom stereocenters. The maximum absolute atomic E-state index is 15.0. The molecule has 196 valence electrons. The summed E-state index contributed by atoms with van der Waals surface area (Å²) in [5.41, 5.74) is 1.37. The predicted molar refractivity (Wildman–Crippen MR) is 128 cm³/mol. The van der Waals surface area contributed by atoms with E-state index in [1.54, 1.807) is 12.1 Å². The van der Waals surface area contributed by atoms with Crippen molar-refractivity contribution in [1.82, 2.24) is 10.2 Å². The number of urea groups is 1. The highest BCUT2D eigenvalue weighted by Crippen LogP contribution is 2.26. The van der Waals surface area contributed by atoms with Crippen molar-refractivity contribution in [3.63, 3.8) is 0 Å². The Balaban J connectivity index is 1.26. The van der Waals surface area contributed by atoms with Gasteiger partial charge in [0.25, 0.3) is 0 Å². The van der Waals surface area contributed by atoms with Crippen molar-refractivity contribution in [3.8, 4) is 5.75 Å². The van der Waals surface area contributed by atoms with Gasteiger partial charge in [0.2, 0.25) is 0 Å². The Morgan fingerprint density at radius 1 is 1.11 bits per heavy atom. The van der Waals surface area contributed by atoms with Gasteiger partial charge in [-0.05, 0) is 80.1 Å². The fourth-order valence-corrected chi connectivity index (χ4v) is 4.83. The van der Waals surface area contributed by atoms with Crippen molar-refractivity contribution in [1.29, 1.82) is 0 Å². The molecule has 36 heavy (non-hydrogen) atoms. The molecule has 0 bridgehead atoms. The Hall–Kier alpha value is -2.85. The van der Waals surface area contributed by atoms with E-state index in [1.165, 1.54) is 36.4 Å². The highest BCUT2D eigenvalue weighted by atomic mass is 19.3. The molecule has 2 aliphatic rings. The van der Waals surface area contributed by atoms with E-state index in [9.17, 15) is 22.4 Å². The second-order valence-corrected chi connectivity index (χ2v) is 9.31. The summed E-state index contributed by atoms with van der Waals surface area (Å²) in [6.45, 7) is -0.816. The normalized spacial score (nSPS) is 24.9. The van der Waals surface area contributed by atoms with E-state index in [0.29, 0.717) is 31.7 Å². The van der Waals surface area contributed by atoms with Gasteiger partial charge in [-0.15, -0.1) is 0 Å². The smallest absolute Gasteiger partial charge is 0.387 e. The van der Waals surface area contributed by atoms with Crippen molar-refractivity contribution in [2.75, 3.05) is 31.6 Å². The maximum atomic E-state index is 15.0. The number of rotatable bonds is 8. The zero-order valence-electron chi connectivity index (χ0n) is 19.8. The number of amides is 2. The number of carbonyl (C=O) groups is 1. The molecule has 2 aromatic rings. The number of ether oxygens (including phenoxy) is 2. The number of nitrogens with one attached hydrogen (secondary N) is 2. The SMILES string of the molecule is O=C(Nc1ccc(OC(F)F)cc1)NC1CCCOC1CN1CCC(Cc2ccc(F)cc2)C(F)C1. The van der Waals surface area contributed by atoms with Gasteiger partial charge in [0, 0.05) is 25.4 Å². The molecule has 2 aromatic carbocycles. The summed E-state index contributed by atoms with van der Waals surface area (Å²) in [7, 11) is 0. The fraction of sp³-hybridized carbons (Fsp3) is 0.500. The highest BCUT2D eigenvalue weighted by Gasteiger charge is 2.34. The molecule has 10 heteroatoms. The van der Waals surface area contributed by atoms with Gasteiger partial charge in [0.15, 0.2) is 0 Å². The topological polar surface area (TPSA) is 62.8 Å². The molecule has 0 aliphatic carbocycles. The van der Waals surface area contributed by atoms with Crippen LogP contribution in [0.3, 0.4) is 0 Å². The zero-order chi connectivity index (χ0) is 25.5. The monoisotopic (exact) mass is 509 g/mol. The zero-order valence-corrected chi connectivity index (χ0v) is 19.8. The van der Waals surface area contributed by atoms with Crippen LogP contribution < -0.4 is 15.4 Å². The average molecular weight is 510 g/mol. The molecule has 0 aromatic heterocycles. The second kappa shape index (κ2) is 12.4. The molecule has 2 aliphatic heterocycles. The molecule has 4 unspecified atom stereocenters. The molecule has 2 fully saturated rings. The lowest BCUT2D eigenvalue weighted by atomic mass is 9.88. The van der Waals surface area contributed by atoms with E-state index >= 15 is 0 Å². The molecule has 4 rings (SSSR count). The lowest BCUT2D eigenvalue weighted by molar-refractivity contribution is -0.0498. The summed E-state index contributed by atoms with van der Waals surface area (Å²) in [5, 5.41) is 5.62. The highest BCUT2D eigenvalue weighted by molar-refractivity contribution is 5.89. The van der Waals surface area contributed by atoms with Crippen molar-refractivity contribution >= 4 is 11.7 Å². The number of halogens is 4. The second-order valence-electron chi connectivity index (χ2n) is 9.31. The lowest BCUT2D eigenvalue weighted by Crippen LogP contribution is -2.54. The first-order chi connectivity index (χ1) is 17.4. The van der Waals surface area contributed by atoms with Crippen molar-refractivity contribution < 1.29 is 31.8 Å². The Labute approximate surface area is 207 Å². The molecule has 2 heterocycles. The average Bonchev–Trinajstić information content (AvgIpc) is 2.84. The molecular weight excluding hydrogens is 478 g/mol. The van der Waals surface area contributed by atoms with Gasteiger partial charge in [-0.25, -0.2) is 13.6 Å². The van der Waals surface area contributed by atoms with Crippen LogP contribution in [0, 0.1) is 11.7 Å². The minimum absolute atomic E-state index is 0.00399. The van der Waals surface area contributed by atoms with E-state index in [0.717, 1.165) is 24.9 Å². The number of anilines is 1. The van der Waals surface area contributed by atoms with Crippen molar-refractivity contribution in [2.45, 2.75) is 50.6 Å². The van der Waals surface area contributed by atoms with E-state index in [-0.39, 0.29) is 36.2 Å². The number of carbonyl (C=O) groups excluding carboxylic acids is 1. The van der Waals surface area contributed by atoms with Crippen LogP contribution in [-0.4, -0.2) is 62.1 Å². The number of hydrogen-bond donors (Lipinski definition) is 2. The third-order valence-corrected chi connectivity index (χ3v) is 6.70. The van der Waals surface area contributed by atoms with Gasteiger partial charge in [-0.3, -0.25) is 4.90 Å². The molecule has 2 amide bonds. The summed E-state index contributed by atoms with van der Waals surface area (Å²) in [5.74, 6) is -0.410. The summed E-state index contributed by atoms with van der Waals surface area (Å²) in [6, 6.07) is 11.2. The van der Waals surface area contributed by atoms with Gasteiger partial charge >= 0.3 is 12.6 Å². The Kier molecular flexibility index (Phi) is 9.03. The molecule has 6 nitrogen and oxygen atoms in total. The number of hydrogen-bond acceptors (Lipinski definition) is 4. The maximum Gasteiger partial charge on any atom is 0.387 e. The summed E-state index contributed by atoms with van der Waals surface area (Å²) < 4.78 is 62.9. The van der Waals surface area contributed by atoms with Crippen molar-refractivity contribution in [2.24, 2.45) is 5.92 Å². The van der Waals surface area contributed by atoms with Crippen LogP contribution in [0.5, 0.6) is 5.75 Å². The Bertz CT molecular complexity index is 977. The largest absolute Gasteiger partial charge is 0.435 e. The quantitative estimate of drug-likeness (QED) is 0.492. The van der Waals surface area contributed by atoms with E-state index < -0.39 is 18.8 Å². The molecule has 0 spiro atoms. The standard InChI is InChI=1S/C26H31F4N3O3/c27-19-5-3-17(4-6-19)14-18-11-12-33(15-22(18)28)16-24-23(2-1-13-35-24)32-26(34)31-20-7-9-21(10-8-20)36-25(29)30/h3-10,18,22-25H,1-2,11-16H2,(H2,31,32,34). The van der Waals surface area contributed by atoms with Crippen LogP contribution in [-0.2, 0) is 11.2 Å². The third-order valence-electron chi connectivity index (χ3n) is 6.70. The number of piperidine rings is 1. The van der Waals surface area contributed by atoms with Crippen LogP contribution in [0.15, 0.2) is 48.5 Å². The van der Waals surface area contributed by atoms with Gasteiger partial charge in [-0.2, -0.15) is 8.78 Å². The summed E-state index contributed by atoms with van der Waals surface area (Å²) in [4.78, 5) is 14.6. The van der Waals surface area contributed by atoms with Crippen LogP contribution in [0.1, 0.15) is 24.8 Å². The van der Waals surface area contributed by atoms with E-state index in [2.05, 4.69) is 15.4 Å². The molecule has 0 radical (unpaired) electrons. The summed E-state index contributed by atoms with van der Waals surface area (Å²) >= 11 is 0. The van der Waals surface area contributed by atoms with Crippen LogP contribution in [0.25, 0.3) is 0 Å². The number of benzene rings is 2. The van der Waals surface area contributed by atoms with E-state index in [4.69, 9.17) is 4.74 Å². The molecule has 2 saturated heterocycles. The van der Waals surface area contributed by atoms with Gasteiger partial charge < -0.3 is 20.1 Å². The minimum atomic E-state index is -2.91. The van der Waals surface area contributed by atoms with Crippen LogP contribution in [0.2, 0.25) is 0 Å². The van der Waals surface area contributed by atoms with E-state index in [1.807, 2.05) is 4.90 Å². The number of likely N-dealkylation sites (tertiary alicyclic amines) is 1. The minimum Gasteiger partial charge on any atom is -0.435 e. The first-order valence-electron chi connectivity index (χ1n) is 12.2. The lowest BCUT2D eigenvalue weighted by Gasteiger charge is -2.39. The first kappa shape index (κ1) is 26.2. The van der Waals surface area contributed by atoms with Gasteiger partial charge in [0.1, 0.15) is 17.7 Å². The number of nitrogens with zero attached hydrogens (tertiary/aromatic N) is 1. The van der Waals surface area contributed by atoms with Gasteiger partial charge in [-0.1, -0.05) is 12.1 Å². The predicted octanol–water partition coefficient (Wildman–Crippen LogP) is 5.00.